The molecule has 3 rings (SSSR count). The van der Waals surface area contributed by atoms with Crippen molar-refractivity contribution in [2.75, 3.05) is 10.6 Å². The molecule has 4 nitrogen and oxygen atoms in total. The van der Waals surface area contributed by atoms with Gasteiger partial charge in [-0.25, -0.2) is 4.39 Å². The van der Waals surface area contributed by atoms with Crippen LogP contribution in [0.4, 0.5) is 21.5 Å². The first-order valence-corrected chi connectivity index (χ1v) is 8.82. The van der Waals surface area contributed by atoms with Crippen molar-refractivity contribution in [2.45, 2.75) is 26.7 Å². The van der Waals surface area contributed by atoms with Gasteiger partial charge in [-0.2, -0.15) is 0 Å². The van der Waals surface area contributed by atoms with Gasteiger partial charge in [0.15, 0.2) is 0 Å². The molecule has 0 bridgehead atoms. The van der Waals surface area contributed by atoms with Gasteiger partial charge in [0, 0.05) is 17.6 Å². The van der Waals surface area contributed by atoms with E-state index in [4.69, 9.17) is 0 Å². The van der Waals surface area contributed by atoms with Gasteiger partial charge in [-0.15, -0.1) is 0 Å². The molecule has 138 valence electrons. The first-order chi connectivity index (χ1) is 12.9. The largest absolute Gasteiger partial charge is 0.354 e. The Morgan fingerprint density at radius 1 is 1.04 bits per heavy atom. The molecule has 0 saturated carbocycles. The van der Waals surface area contributed by atoms with E-state index in [1.54, 1.807) is 24.4 Å². The maximum atomic E-state index is 13.3. The topological polar surface area (TPSA) is 54.0 Å². The number of carbonyl (C=O) groups excluding carboxylic acids is 1. The van der Waals surface area contributed by atoms with Gasteiger partial charge in [-0.05, 0) is 48.2 Å². The molecular formula is C22H22FN3O. The Morgan fingerprint density at radius 3 is 2.56 bits per heavy atom. The number of hydrogen-bond acceptors (Lipinski definition) is 3. The average Bonchev–Trinajstić information content (AvgIpc) is 2.63. The zero-order chi connectivity index (χ0) is 19.4. The number of rotatable bonds is 5. The van der Waals surface area contributed by atoms with Crippen molar-refractivity contribution in [2.24, 2.45) is 0 Å². The van der Waals surface area contributed by atoms with Crippen LogP contribution in [0.25, 0.3) is 0 Å². The lowest BCUT2D eigenvalue weighted by molar-refractivity contribution is 0.102. The Kier molecular flexibility index (Phi) is 5.50. The summed E-state index contributed by atoms with van der Waals surface area (Å²) in [5.74, 6) is -0.382. The van der Waals surface area contributed by atoms with Crippen LogP contribution < -0.4 is 10.6 Å². The number of nitrogens with one attached hydrogen (secondary N) is 2. The Balaban J connectivity index is 1.83. The number of anilines is 3. The van der Waals surface area contributed by atoms with Gasteiger partial charge in [-0.3, -0.25) is 9.78 Å². The fraction of sp³-hybridized carbons (Fsp3) is 0.182. The van der Waals surface area contributed by atoms with Crippen molar-refractivity contribution in [1.82, 2.24) is 4.98 Å². The monoisotopic (exact) mass is 363 g/mol. The summed E-state index contributed by atoms with van der Waals surface area (Å²) in [5.41, 5.74) is 4.86. The van der Waals surface area contributed by atoms with E-state index >= 15 is 0 Å². The Bertz CT molecular complexity index is 969. The van der Waals surface area contributed by atoms with Crippen LogP contribution in [0.5, 0.6) is 0 Å². The Morgan fingerprint density at radius 2 is 1.81 bits per heavy atom. The van der Waals surface area contributed by atoms with Crippen LogP contribution in [-0.2, 0) is 0 Å². The number of benzene rings is 2. The maximum Gasteiger partial charge on any atom is 0.257 e. The average molecular weight is 363 g/mol. The summed E-state index contributed by atoms with van der Waals surface area (Å²) in [6, 6.07) is 13.7. The van der Waals surface area contributed by atoms with Crippen LogP contribution >= 0.6 is 0 Å². The lowest BCUT2D eigenvalue weighted by Gasteiger charge is -2.17. The van der Waals surface area contributed by atoms with Crippen LogP contribution in [0.1, 0.15) is 41.3 Å². The number of nitrogens with zero attached hydrogens (tertiary/aromatic N) is 1. The second kappa shape index (κ2) is 7.99. The molecule has 0 unspecified atom stereocenters. The molecule has 2 aromatic carbocycles. The van der Waals surface area contributed by atoms with Gasteiger partial charge in [0.25, 0.3) is 5.91 Å². The minimum Gasteiger partial charge on any atom is -0.354 e. The fourth-order valence-corrected chi connectivity index (χ4v) is 2.89. The molecule has 1 aromatic heterocycles. The van der Waals surface area contributed by atoms with Crippen molar-refractivity contribution in [3.05, 3.63) is 83.4 Å². The third-order valence-electron chi connectivity index (χ3n) is 4.28. The van der Waals surface area contributed by atoms with Gasteiger partial charge in [-0.1, -0.05) is 38.1 Å². The molecule has 0 atom stereocenters. The molecule has 1 amide bonds. The number of aromatic nitrogens is 1. The van der Waals surface area contributed by atoms with E-state index < -0.39 is 5.82 Å². The summed E-state index contributed by atoms with van der Waals surface area (Å²) in [4.78, 5) is 16.6. The molecule has 0 aliphatic heterocycles. The molecule has 0 aliphatic rings. The number of pyridine rings is 1. The van der Waals surface area contributed by atoms with Crippen molar-refractivity contribution in [3.63, 3.8) is 0 Å². The van der Waals surface area contributed by atoms with E-state index in [1.165, 1.54) is 23.9 Å². The molecule has 1 heterocycles. The summed E-state index contributed by atoms with van der Waals surface area (Å²) >= 11 is 0. The van der Waals surface area contributed by atoms with Gasteiger partial charge in [0.2, 0.25) is 0 Å². The standard InChI is InChI=1S/C22H22FN3O/c1-14(2)20-9-4-6-15(3)21(20)25-19-10-16(12-24-13-19)22(27)26-18-8-5-7-17(23)11-18/h4-14,25H,1-3H3,(H,26,27). The second-order valence-electron chi connectivity index (χ2n) is 6.75. The SMILES string of the molecule is Cc1cccc(C(C)C)c1Nc1cncc(C(=O)Nc2cccc(F)c2)c1. The van der Waals surface area contributed by atoms with Crippen LogP contribution in [0.3, 0.4) is 0 Å². The number of amides is 1. The molecule has 0 radical (unpaired) electrons. The first kappa shape index (κ1) is 18.6. The molecule has 3 aromatic rings. The number of para-hydroxylation sites is 1. The Labute approximate surface area is 158 Å². The number of aryl methyl sites for hydroxylation is 1. The number of hydrogen-bond donors (Lipinski definition) is 2. The summed E-state index contributed by atoms with van der Waals surface area (Å²) in [6.07, 6.45) is 3.16. The van der Waals surface area contributed by atoms with E-state index in [2.05, 4.69) is 35.5 Å². The van der Waals surface area contributed by atoms with E-state index in [-0.39, 0.29) is 5.91 Å². The highest BCUT2D eigenvalue weighted by atomic mass is 19.1. The van der Waals surface area contributed by atoms with Gasteiger partial charge in [0.1, 0.15) is 5.82 Å². The normalized spacial score (nSPS) is 10.7. The molecule has 0 spiro atoms. The van der Waals surface area contributed by atoms with Crippen molar-refractivity contribution >= 4 is 23.0 Å². The predicted octanol–water partition coefficient (Wildman–Crippen LogP) is 5.65. The quantitative estimate of drug-likeness (QED) is 0.616. The highest BCUT2D eigenvalue weighted by Crippen LogP contribution is 2.30. The van der Waals surface area contributed by atoms with E-state index in [0.717, 1.165) is 16.9 Å². The fourth-order valence-electron chi connectivity index (χ4n) is 2.89. The predicted molar refractivity (Wildman–Crippen MR) is 107 cm³/mol. The lowest BCUT2D eigenvalue weighted by Crippen LogP contribution is -2.12. The molecule has 0 saturated heterocycles. The van der Waals surface area contributed by atoms with E-state index in [0.29, 0.717) is 17.2 Å². The minimum absolute atomic E-state index is 0.342. The molecule has 0 fully saturated rings. The molecule has 0 aliphatic carbocycles. The minimum atomic E-state index is -0.401. The molecule has 2 N–H and O–H groups in total. The van der Waals surface area contributed by atoms with Crippen LogP contribution in [0.2, 0.25) is 0 Å². The lowest BCUT2D eigenvalue weighted by atomic mass is 9.98. The summed E-state index contributed by atoms with van der Waals surface area (Å²) in [7, 11) is 0. The van der Waals surface area contributed by atoms with Crippen molar-refractivity contribution in [1.29, 1.82) is 0 Å². The number of halogens is 1. The van der Waals surface area contributed by atoms with Crippen LogP contribution in [0.15, 0.2) is 60.9 Å². The zero-order valence-electron chi connectivity index (χ0n) is 15.6. The van der Waals surface area contributed by atoms with Gasteiger partial charge in [0.05, 0.1) is 17.4 Å². The maximum absolute atomic E-state index is 13.3. The molecule has 27 heavy (non-hydrogen) atoms. The van der Waals surface area contributed by atoms with Crippen molar-refractivity contribution < 1.29 is 9.18 Å². The highest BCUT2D eigenvalue weighted by molar-refractivity contribution is 6.04. The molecule has 5 heteroatoms. The van der Waals surface area contributed by atoms with Crippen LogP contribution in [-0.4, -0.2) is 10.9 Å². The smallest absolute Gasteiger partial charge is 0.257 e. The Hall–Kier alpha value is -3.21. The van der Waals surface area contributed by atoms with Gasteiger partial charge >= 0.3 is 0 Å². The third-order valence-corrected chi connectivity index (χ3v) is 4.28. The number of carbonyl (C=O) groups is 1. The second-order valence-corrected chi connectivity index (χ2v) is 6.75. The van der Waals surface area contributed by atoms with Crippen LogP contribution in [0, 0.1) is 12.7 Å². The van der Waals surface area contributed by atoms with Crippen molar-refractivity contribution in [3.8, 4) is 0 Å². The summed E-state index contributed by atoms with van der Waals surface area (Å²) in [5, 5.41) is 6.07. The molecular weight excluding hydrogens is 341 g/mol. The zero-order valence-corrected chi connectivity index (χ0v) is 15.6. The van der Waals surface area contributed by atoms with E-state index in [9.17, 15) is 9.18 Å². The first-order valence-electron chi connectivity index (χ1n) is 8.82. The highest BCUT2D eigenvalue weighted by Gasteiger charge is 2.12. The summed E-state index contributed by atoms with van der Waals surface area (Å²) < 4.78 is 13.3. The summed E-state index contributed by atoms with van der Waals surface area (Å²) in [6.45, 7) is 6.32. The third kappa shape index (κ3) is 4.50. The van der Waals surface area contributed by atoms with Gasteiger partial charge < -0.3 is 10.6 Å². The van der Waals surface area contributed by atoms with E-state index in [1.807, 2.05) is 19.1 Å².